The van der Waals surface area contributed by atoms with E-state index in [1.54, 1.807) is 10.5 Å². The number of hydrogen-bond acceptors (Lipinski definition) is 1. The third-order valence-electron chi connectivity index (χ3n) is 4.34. The second-order valence-electron chi connectivity index (χ2n) is 5.32. The fourth-order valence-corrected chi connectivity index (χ4v) is 4.91. The predicted molar refractivity (Wildman–Crippen MR) is 66.6 cm³/mol. The highest BCUT2D eigenvalue weighted by Crippen LogP contribution is 2.53. The molecule has 0 amide bonds. The highest BCUT2D eigenvalue weighted by atomic mass is 32.2. The molecule has 1 aromatic rings. The van der Waals surface area contributed by atoms with Gasteiger partial charge in [-0.05, 0) is 48.3 Å². The van der Waals surface area contributed by atoms with Gasteiger partial charge in [0, 0.05) is 10.6 Å². The fraction of sp³-hybridized carbons (Fsp3) is 0.571. The standard InChI is InChI=1S/C14H18S/c1-10-5-6-12-13(8-10)15-9-11-4-3-7-14(11,12)2/h5-6,8,11H,3-4,7,9H2,1-2H3/t11-,14-/m1/s1. The number of fused-ring (bicyclic) bond motifs is 3. The topological polar surface area (TPSA) is 0 Å². The van der Waals surface area contributed by atoms with Gasteiger partial charge in [0.2, 0.25) is 0 Å². The molecular weight excluding hydrogens is 200 g/mol. The van der Waals surface area contributed by atoms with Gasteiger partial charge >= 0.3 is 0 Å². The molecule has 3 rings (SSSR count). The highest BCUT2D eigenvalue weighted by molar-refractivity contribution is 7.99. The van der Waals surface area contributed by atoms with Gasteiger partial charge in [-0.15, -0.1) is 11.8 Å². The average molecular weight is 218 g/mol. The van der Waals surface area contributed by atoms with E-state index in [1.807, 2.05) is 0 Å². The molecule has 2 aliphatic rings. The summed E-state index contributed by atoms with van der Waals surface area (Å²) in [6.07, 6.45) is 4.26. The molecule has 1 fully saturated rings. The summed E-state index contributed by atoms with van der Waals surface area (Å²) in [6, 6.07) is 7.04. The largest absolute Gasteiger partial charge is 0.126 e. The van der Waals surface area contributed by atoms with Gasteiger partial charge in [-0.3, -0.25) is 0 Å². The minimum atomic E-state index is 0.494. The lowest BCUT2D eigenvalue weighted by atomic mass is 9.74. The van der Waals surface area contributed by atoms with Crippen LogP contribution in [0.4, 0.5) is 0 Å². The number of hydrogen-bond donors (Lipinski definition) is 0. The second-order valence-corrected chi connectivity index (χ2v) is 6.38. The molecule has 0 nitrogen and oxygen atoms in total. The molecule has 15 heavy (non-hydrogen) atoms. The molecule has 0 unspecified atom stereocenters. The van der Waals surface area contributed by atoms with Gasteiger partial charge in [0.1, 0.15) is 0 Å². The predicted octanol–water partition coefficient (Wildman–Crippen LogP) is 4.16. The molecule has 0 radical (unpaired) electrons. The fourth-order valence-electron chi connectivity index (χ4n) is 3.27. The van der Waals surface area contributed by atoms with Gasteiger partial charge in [-0.2, -0.15) is 0 Å². The lowest BCUT2D eigenvalue weighted by Gasteiger charge is -2.38. The van der Waals surface area contributed by atoms with Crippen LogP contribution in [0, 0.1) is 12.8 Å². The summed E-state index contributed by atoms with van der Waals surface area (Å²) in [6.45, 7) is 4.68. The normalized spacial score (nSPS) is 33.6. The summed E-state index contributed by atoms with van der Waals surface area (Å²) in [7, 11) is 0. The van der Waals surface area contributed by atoms with Crippen molar-refractivity contribution in [2.24, 2.45) is 5.92 Å². The molecule has 0 N–H and O–H groups in total. The van der Waals surface area contributed by atoms with Crippen LogP contribution in [0.3, 0.4) is 0 Å². The first-order valence-corrected chi connectivity index (χ1v) is 6.93. The molecule has 1 heteroatoms. The monoisotopic (exact) mass is 218 g/mol. The maximum Gasteiger partial charge on any atom is 0.0112 e. The van der Waals surface area contributed by atoms with Crippen molar-refractivity contribution in [3.8, 4) is 0 Å². The van der Waals surface area contributed by atoms with Crippen LogP contribution in [0.2, 0.25) is 0 Å². The first-order valence-electron chi connectivity index (χ1n) is 5.94. The van der Waals surface area contributed by atoms with Crippen molar-refractivity contribution in [1.29, 1.82) is 0 Å². The van der Waals surface area contributed by atoms with Gasteiger partial charge in [0.25, 0.3) is 0 Å². The lowest BCUT2D eigenvalue weighted by Crippen LogP contribution is -2.32. The highest BCUT2D eigenvalue weighted by Gasteiger charge is 2.43. The Morgan fingerprint density at radius 1 is 1.40 bits per heavy atom. The van der Waals surface area contributed by atoms with Crippen molar-refractivity contribution < 1.29 is 0 Å². The summed E-state index contributed by atoms with van der Waals surface area (Å²) in [4.78, 5) is 1.55. The third kappa shape index (κ3) is 1.36. The Bertz CT molecular complexity index is 396. The SMILES string of the molecule is Cc1ccc2c(c1)SC[C@H]1CCC[C@@]21C. The van der Waals surface area contributed by atoms with E-state index in [9.17, 15) is 0 Å². The van der Waals surface area contributed by atoms with Crippen molar-refractivity contribution in [2.75, 3.05) is 5.75 Å². The van der Waals surface area contributed by atoms with Crippen LogP contribution in [-0.4, -0.2) is 5.75 Å². The minimum absolute atomic E-state index is 0.494. The number of thioether (sulfide) groups is 1. The van der Waals surface area contributed by atoms with Crippen LogP contribution < -0.4 is 0 Å². The second kappa shape index (κ2) is 3.28. The van der Waals surface area contributed by atoms with Crippen molar-refractivity contribution in [3.05, 3.63) is 29.3 Å². The molecule has 1 heterocycles. The van der Waals surface area contributed by atoms with Crippen LogP contribution in [0.25, 0.3) is 0 Å². The average Bonchev–Trinajstić information content (AvgIpc) is 2.59. The maximum absolute atomic E-state index is 2.48. The molecule has 0 bridgehead atoms. The van der Waals surface area contributed by atoms with E-state index in [2.05, 4.69) is 43.8 Å². The molecular formula is C14H18S. The number of rotatable bonds is 0. The van der Waals surface area contributed by atoms with Crippen LogP contribution >= 0.6 is 11.8 Å². The van der Waals surface area contributed by atoms with Crippen LogP contribution in [-0.2, 0) is 5.41 Å². The molecule has 2 atom stereocenters. The summed E-state index contributed by atoms with van der Waals surface area (Å²) < 4.78 is 0. The summed E-state index contributed by atoms with van der Waals surface area (Å²) in [5.41, 5.74) is 3.53. The Kier molecular flexibility index (Phi) is 2.14. The van der Waals surface area contributed by atoms with Gasteiger partial charge in [-0.25, -0.2) is 0 Å². The summed E-state index contributed by atoms with van der Waals surface area (Å²) in [5, 5.41) is 0. The first kappa shape index (κ1) is 9.77. The Hall–Kier alpha value is -0.430. The smallest absolute Gasteiger partial charge is 0.0112 e. The first-order chi connectivity index (χ1) is 7.20. The minimum Gasteiger partial charge on any atom is -0.126 e. The zero-order valence-electron chi connectivity index (χ0n) is 9.55. The lowest BCUT2D eigenvalue weighted by molar-refractivity contribution is 0.364. The molecule has 1 aliphatic heterocycles. The van der Waals surface area contributed by atoms with E-state index in [4.69, 9.17) is 0 Å². The molecule has 80 valence electrons. The Morgan fingerprint density at radius 2 is 2.27 bits per heavy atom. The van der Waals surface area contributed by atoms with E-state index in [0.29, 0.717) is 5.41 Å². The Labute approximate surface area is 96.5 Å². The summed E-state index contributed by atoms with van der Waals surface area (Å²) >= 11 is 2.08. The molecule has 0 aromatic heterocycles. The maximum atomic E-state index is 2.48. The third-order valence-corrected chi connectivity index (χ3v) is 5.56. The van der Waals surface area contributed by atoms with E-state index in [0.717, 1.165) is 5.92 Å². The van der Waals surface area contributed by atoms with Crippen molar-refractivity contribution in [1.82, 2.24) is 0 Å². The molecule has 1 aliphatic carbocycles. The van der Waals surface area contributed by atoms with Gasteiger partial charge in [0.15, 0.2) is 0 Å². The van der Waals surface area contributed by atoms with Crippen molar-refractivity contribution in [3.63, 3.8) is 0 Å². The van der Waals surface area contributed by atoms with E-state index < -0.39 is 0 Å². The number of benzene rings is 1. The molecule has 0 spiro atoms. The van der Waals surface area contributed by atoms with Crippen LogP contribution in [0.5, 0.6) is 0 Å². The van der Waals surface area contributed by atoms with E-state index in [1.165, 1.54) is 30.6 Å². The molecule has 1 aromatic carbocycles. The van der Waals surface area contributed by atoms with Gasteiger partial charge in [0.05, 0.1) is 0 Å². The van der Waals surface area contributed by atoms with Gasteiger partial charge < -0.3 is 0 Å². The summed E-state index contributed by atoms with van der Waals surface area (Å²) in [5.74, 6) is 2.27. The van der Waals surface area contributed by atoms with Crippen LogP contribution in [0.1, 0.15) is 37.3 Å². The van der Waals surface area contributed by atoms with Crippen molar-refractivity contribution >= 4 is 11.8 Å². The quantitative estimate of drug-likeness (QED) is 0.630. The zero-order chi connectivity index (χ0) is 10.5. The molecule has 0 saturated heterocycles. The van der Waals surface area contributed by atoms with Gasteiger partial charge in [-0.1, -0.05) is 25.5 Å². The molecule has 1 saturated carbocycles. The Balaban J connectivity index is 2.14. The van der Waals surface area contributed by atoms with Crippen molar-refractivity contribution in [2.45, 2.75) is 43.4 Å². The number of aryl methyl sites for hydroxylation is 1. The van der Waals surface area contributed by atoms with E-state index in [-0.39, 0.29) is 0 Å². The Morgan fingerprint density at radius 3 is 3.13 bits per heavy atom. The zero-order valence-corrected chi connectivity index (χ0v) is 10.4. The van der Waals surface area contributed by atoms with E-state index >= 15 is 0 Å². The van der Waals surface area contributed by atoms with Crippen LogP contribution in [0.15, 0.2) is 23.1 Å².